The summed E-state index contributed by atoms with van der Waals surface area (Å²) in [6, 6.07) is 5.89. The summed E-state index contributed by atoms with van der Waals surface area (Å²) in [6.07, 6.45) is 1.81. The minimum atomic E-state index is 0.760. The topological polar surface area (TPSA) is 24.9 Å². The van der Waals surface area contributed by atoms with E-state index in [0.29, 0.717) is 0 Å². The van der Waals surface area contributed by atoms with Gasteiger partial charge in [0.05, 0.1) is 0 Å². The van der Waals surface area contributed by atoms with Crippen LogP contribution in [0.15, 0.2) is 30.9 Å². The zero-order chi connectivity index (χ0) is 8.10. The van der Waals surface area contributed by atoms with Crippen LogP contribution in [0.1, 0.15) is 5.69 Å². The third-order valence-corrected chi connectivity index (χ3v) is 1.32. The second-order valence-electron chi connectivity index (χ2n) is 2.33. The molecule has 0 aliphatic carbocycles. The molecule has 1 N–H and O–H groups in total. The van der Waals surface area contributed by atoms with Crippen molar-refractivity contribution in [3.8, 4) is 0 Å². The van der Waals surface area contributed by atoms with Crippen molar-refractivity contribution < 1.29 is 0 Å². The third-order valence-electron chi connectivity index (χ3n) is 1.32. The van der Waals surface area contributed by atoms with Gasteiger partial charge in [-0.15, -0.1) is 6.58 Å². The normalized spacial score (nSPS) is 9.18. The summed E-state index contributed by atoms with van der Waals surface area (Å²) < 4.78 is 0. The summed E-state index contributed by atoms with van der Waals surface area (Å²) in [7, 11) is 0. The summed E-state index contributed by atoms with van der Waals surface area (Å²) in [4.78, 5) is 4.25. The molecule has 11 heavy (non-hydrogen) atoms. The lowest BCUT2D eigenvalue weighted by Gasteiger charge is -2.01. The Kier molecular flexibility index (Phi) is 2.66. The van der Waals surface area contributed by atoms with E-state index in [0.717, 1.165) is 18.1 Å². The maximum absolute atomic E-state index is 4.25. The Hall–Kier alpha value is -1.31. The molecular formula is C9H12N2. The molecule has 2 nitrogen and oxygen atoms in total. The van der Waals surface area contributed by atoms with Crippen LogP contribution in [0.2, 0.25) is 0 Å². The van der Waals surface area contributed by atoms with Gasteiger partial charge in [0.2, 0.25) is 0 Å². The Morgan fingerprint density at radius 3 is 3.09 bits per heavy atom. The molecule has 1 aromatic heterocycles. The maximum atomic E-state index is 4.25. The average Bonchev–Trinajstić information content (AvgIpc) is 2.01. The van der Waals surface area contributed by atoms with E-state index in [1.807, 2.05) is 31.2 Å². The number of hydrogen-bond acceptors (Lipinski definition) is 2. The van der Waals surface area contributed by atoms with Gasteiger partial charge in [0.25, 0.3) is 0 Å². The predicted molar refractivity (Wildman–Crippen MR) is 47.7 cm³/mol. The number of nitrogens with one attached hydrogen (secondary N) is 1. The van der Waals surface area contributed by atoms with Gasteiger partial charge in [-0.25, -0.2) is 4.98 Å². The Labute approximate surface area is 67.0 Å². The van der Waals surface area contributed by atoms with Gasteiger partial charge >= 0.3 is 0 Å². The largest absolute Gasteiger partial charge is 0.367 e. The van der Waals surface area contributed by atoms with Crippen LogP contribution in [0, 0.1) is 6.92 Å². The van der Waals surface area contributed by atoms with E-state index in [4.69, 9.17) is 0 Å². The lowest BCUT2D eigenvalue weighted by Crippen LogP contribution is -2.00. The molecule has 0 aliphatic heterocycles. The molecular weight excluding hydrogens is 136 g/mol. The first-order chi connectivity index (χ1) is 5.33. The van der Waals surface area contributed by atoms with Crippen molar-refractivity contribution in [2.45, 2.75) is 6.92 Å². The van der Waals surface area contributed by atoms with Crippen LogP contribution in [-0.4, -0.2) is 11.5 Å². The molecule has 0 radical (unpaired) electrons. The molecule has 1 aromatic rings. The quantitative estimate of drug-likeness (QED) is 0.663. The predicted octanol–water partition coefficient (Wildman–Crippen LogP) is 1.99. The van der Waals surface area contributed by atoms with E-state index in [1.54, 1.807) is 0 Å². The van der Waals surface area contributed by atoms with Crippen molar-refractivity contribution >= 4 is 5.82 Å². The molecule has 0 fully saturated rings. The summed E-state index contributed by atoms with van der Waals surface area (Å²) in [5.74, 6) is 0.907. The zero-order valence-corrected chi connectivity index (χ0v) is 6.67. The van der Waals surface area contributed by atoms with Crippen molar-refractivity contribution in [1.82, 2.24) is 4.98 Å². The summed E-state index contributed by atoms with van der Waals surface area (Å²) in [5.41, 5.74) is 1.03. The molecule has 2 heteroatoms. The summed E-state index contributed by atoms with van der Waals surface area (Å²) in [5, 5.41) is 3.11. The Balaban J connectivity index is 2.63. The molecule has 1 heterocycles. The Morgan fingerprint density at radius 2 is 2.45 bits per heavy atom. The summed E-state index contributed by atoms with van der Waals surface area (Å²) >= 11 is 0. The van der Waals surface area contributed by atoms with E-state index in [9.17, 15) is 0 Å². The van der Waals surface area contributed by atoms with E-state index < -0.39 is 0 Å². The highest BCUT2D eigenvalue weighted by atomic mass is 15.0. The van der Waals surface area contributed by atoms with Crippen LogP contribution < -0.4 is 5.32 Å². The van der Waals surface area contributed by atoms with Gasteiger partial charge in [-0.05, 0) is 19.1 Å². The van der Waals surface area contributed by atoms with Crippen LogP contribution in [0.25, 0.3) is 0 Å². The highest BCUT2D eigenvalue weighted by Crippen LogP contribution is 2.02. The molecule has 0 spiro atoms. The van der Waals surface area contributed by atoms with Crippen molar-refractivity contribution in [3.05, 3.63) is 36.5 Å². The number of anilines is 1. The van der Waals surface area contributed by atoms with Gasteiger partial charge in [-0.3, -0.25) is 0 Å². The van der Waals surface area contributed by atoms with Gasteiger partial charge in [-0.2, -0.15) is 0 Å². The first kappa shape index (κ1) is 7.79. The van der Waals surface area contributed by atoms with Crippen LogP contribution in [0.3, 0.4) is 0 Å². The van der Waals surface area contributed by atoms with Gasteiger partial charge in [0.15, 0.2) is 0 Å². The van der Waals surface area contributed by atoms with Crippen LogP contribution in [0.5, 0.6) is 0 Å². The lowest BCUT2D eigenvalue weighted by molar-refractivity contribution is 1.16. The lowest BCUT2D eigenvalue weighted by atomic mass is 10.4. The Morgan fingerprint density at radius 1 is 1.64 bits per heavy atom. The SMILES string of the molecule is C=CCNc1cccc(C)n1. The smallest absolute Gasteiger partial charge is 0.126 e. The van der Waals surface area contributed by atoms with E-state index in [-0.39, 0.29) is 0 Å². The van der Waals surface area contributed by atoms with Gasteiger partial charge in [0, 0.05) is 12.2 Å². The Bertz CT molecular complexity index is 243. The second kappa shape index (κ2) is 3.76. The molecule has 0 unspecified atom stereocenters. The van der Waals surface area contributed by atoms with Crippen molar-refractivity contribution in [1.29, 1.82) is 0 Å². The standard InChI is InChI=1S/C9H12N2/c1-3-7-10-9-6-4-5-8(2)11-9/h3-6H,1,7H2,2H3,(H,10,11). The molecule has 0 atom stereocenters. The first-order valence-corrected chi connectivity index (χ1v) is 3.61. The molecule has 0 aromatic carbocycles. The highest BCUT2D eigenvalue weighted by molar-refractivity contribution is 5.35. The highest BCUT2D eigenvalue weighted by Gasteiger charge is 1.89. The first-order valence-electron chi connectivity index (χ1n) is 3.61. The van der Waals surface area contributed by atoms with Crippen molar-refractivity contribution in [2.75, 3.05) is 11.9 Å². The van der Waals surface area contributed by atoms with Crippen molar-refractivity contribution in [2.24, 2.45) is 0 Å². The number of aromatic nitrogens is 1. The van der Waals surface area contributed by atoms with E-state index in [1.165, 1.54) is 0 Å². The van der Waals surface area contributed by atoms with E-state index >= 15 is 0 Å². The average molecular weight is 148 g/mol. The van der Waals surface area contributed by atoms with Crippen LogP contribution >= 0.6 is 0 Å². The fourth-order valence-electron chi connectivity index (χ4n) is 0.818. The fourth-order valence-corrected chi connectivity index (χ4v) is 0.818. The monoisotopic (exact) mass is 148 g/mol. The molecule has 0 aliphatic rings. The molecule has 58 valence electrons. The molecule has 1 rings (SSSR count). The molecule has 0 bridgehead atoms. The fraction of sp³-hybridized carbons (Fsp3) is 0.222. The summed E-state index contributed by atoms with van der Waals surface area (Å²) in [6.45, 7) is 6.34. The molecule has 0 saturated heterocycles. The van der Waals surface area contributed by atoms with Gasteiger partial charge in [-0.1, -0.05) is 12.1 Å². The number of rotatable bonds is 3. The number of hydrogen-bond donors (Lipinski definition) is 1. The molecule has 0 saturated carbocycles. The van der Waals surface area contributed by atoms with Crippen LogP contribution in [0.4, 0.5) is 5.82 Å². The second-order valence-corrected chi connectivity index (χ2v) is 2.33. The number of nitrogens with zero attached hydrogens (tertiary/aromatic N) is 1. The van der Waals surface area contributed by atoms with Crippen LogP contribution in [-0.2, 0) is 0 Å². The molecule has 0 amide bonds. The van der Waals surface area contributed by atoms with Crippen molar-refractivity contribution in [3.63, 3.8) is 0 Å². The van der Waals surface area contributed by atoms with E-state index in [2.05, 4.69) is 16.9 Å². The minimum absolute atomic E-state index is 0.760. The third kappa shape index (κ3) is 2.42. The zero-order valence-electron chi connectivity index (χ0n) is 6.67. The van der Waals surface area contributed by atoms with Gasteiger partial charge in [0.1, 0.15) is 5.82 Å². The van der Waals surface area contributed by atoms with Gasteiger partial charge < -0.3 is 5.32 Å². The number of aryl methyl sites for hydroxylation is 1. The number of pyridine rings is 1. The maximum Gasteiger partial charge on any atom is 0.126 e. The minimum Gasteiger partial charge on any atom is -0.367 e.